The van der Waals surface area contributed by atoms with Crippen LogP contribution >= 0.6 is 0 Å². The van der Waals surface area contributed by atoms with Gasteiger partial charge in [-0.05, 0) is 18.2 Å². The van der Waals surface area contributed by atoms with Gasteiger partial charge in [0.2, 0.25) is 11.8 Å². The molecule has 0 spiro atoms. The zero-order chi connectivity index (χ0) is 17.6. The zero-order valence-electron chi connectivity index (χ0n) is 13.4. The molecule has 0 aromatic heterocycles. The Hall–Kier alpha value is -3.09. The maximum absolute atomic E-state index is 13.5. The summed E-state index contributed by atoms with van der Waals surface area (Å²) in [5.41, 5.74) is 0.874. The van der Waals surface area contributed by atoms with Crippen LogP contribution in [0.1, 0.15) is 12.0 Å². The Bertz CT molecular complexity index is 794. The van der Waals surface area contributed by atoms with Crippen molar-refractivity contribution in [3.63, 3.8) is 0 Å². The van der Waals surface area contributed by atoms with Gasteiger partial charge in [0.05, 0.1) is 0 Å². The second-order valence-corrected chi connectivity index (χ2v) is 5.45. The molecule has 0 aliphatic carbocycles. The molecule has 0 unspecified atom stereocenters. The summed E-state index contributed by atoms with van der Waals surface area (Å²) in [5, 5.41) is 5.15. The van der Waals surface area contributed by atoms with Crippen LogP contribution in [0.3, 0.4) is 0 Å². The molecule has 130 valence electrons. The van der Waals surface area contributed by atoms with E-state index in [1.807, 2.05) is 0 Å². The summed E-state index contributed by atoms with van der Waals surface area (Å²) in [5.74, 6) is -0.190. The van der Waals surface area contributed by atoms with Crippen LogP contribution in [0, 0.1) is 5.82 Å². The number of anilines is 1. The van der Waals surface area contributed by atoms with Crippen LogP contribution < -0.4 is 20.1 Å². The average Bonchev–Trinajstić information content (AvgIpc) is 2.61. The van der Waals surface area contributed by atoms with Crippen molar-refractivity contribution in [2.45, 2.75) is 13.0 Å². The van der Waals surface area contributed by atoms with Crippen molar-refractivity contribution in [1.29, 1.82) is 0 Å². The van der Waals surface area contributed by atoms with Crippen molar-refractivity contribution in [2.24, 2.45) is 0 Å². The first-order valence-electron chi connectivity index (χ1n) is 7.81. The Morgan fingerprint density at radius 1 is 1.00 bits per heavy atom. The van der Waals surface area contributed by atoms with E-state index in [0.717, 1.165) is 0 Å². The molecule has 0 radical (unpaired) electrons. The van der Waals surface area contributed by atoms with E-state index in [0.29, 0.717) is 36.0 Å². The summed E-state index contributed by atoms with van der Waals surface area (Å²) >= 11 is 0. The van der Waals surface area contributed by atoms with Crippen molar-refractivity contribution in [2.75, 3.05) is 18.5 Å². The second kappa shape index (κ2) is 7.65. The molecule has 25 heavy (non-hydrogen) atoms. The lowest BCUT2D eigenvalue weighted by Gasteiger charge is -2.19. The lowest BCUT2D eigenvalue weighted by Crippen LogP contribution is -2.28. The SMILES string of the molecule is O=C(CC(=O)Nc1ccc2c(c1)OCCO2)NCc1ccccc1F. The van der Waals surface area contributed by atoms with Gasteiger partial charge in [0, 0.05) is 23.9 Å². The van der Waals surface area contributed by atoms with Crippen LogP contribution in [0.25, 0.3) is 0 Å². The first kappa shape index (κ1) is 16.8. The minimum atomic E-state index is -0.488. The lowest BCUT2D eigenvalue weighted by molar-refractivity contribution is -0.126. The van der Waals surface area contributed by atoms with Gasteiger partial charge in [-0.1, -0.05) is 18.2 Å². The molecule has 2 amide bonds. The number of hydrogen-bond acceptors (Lipinski definition) is 4. The summed E-state index contributed by atoms with van der Waals surface area (Å²) in [7, 11) is 0. The van der Waals surface area contributed by atoms with Gasteiger partial charge in [0.15, 0.2) is 11.5 Å². The predicted octanol–water partition coefficient (Wildman–Crippen LogP) is 2.24. The van der Waals surface area contributed by atoms with Crippen molar-refractivity contribution < 1.29 is 23.5 Å². The number of hydrogen-bond donors (Lipinski definition) is 2. The molecule has 1 heterocycles. The number of benzene rings is 2. The Kier molecular flexibility index (Phi) is 5.13. The van der Waals surface area contributed by atoms with E-state index in [1.165, 1.54) is 6.07 Å². The van der Waals surface area contributed by atoms with E-state index in [2.05, 4.69) is 10.6 Å². The minimum Gasteiger partial charge on any atom is -0.486 e. The highest BCUT2D eigenvalue weighted by Gasteiger charge is 2.14. The first-order valence-corrected chi connectivity index (χ1v) is 7.81. The van der Waals surface area contributed by atoms with Gasteiger partial charge >= 0.3 is 0 Å². The Morgan fingerprint density at radius 2 is 1.76 bits per heavy atom. The van der Waals surface area contributed by atoms with Crippen LogP contribution in [0.5, 0.6) is 11.5 Å². The van der Waals surface area contributed by atoms with Crippen molar-refractivity contribution in [1.82, 2.24) is 5.32 Å². The predicted molar refractivity (Wildman–Crippen MR) is 88.9 cm³/mol. The molecule has 0 fully saturated rings. The quantitative estimate of drug-likeness (QED) is 0.816. The smallest absolute Gasteiger partial charge is 0.233 e. The number of carbonyl (C=O) groups is 2. The summed E-state index contributed by atoms with van der Waals surface area (Å²) in [6.45, 7) is 0.965. The molecule has 2 aromatic rings. The monoisotopic (exact) mass is 344 g/mol. The highest BCUT2D eigenvalue weighted by atomic mass is 19.1. The molecular weight excluding hydrogens is 327 g/mol. The highest BCUT2D eigenvalue weighted by molar-refractivity contribution is 6.03. The zero-order valence-corrected chi connectivity index (χ0v) is 13.4. The van der Waals surface area contributed by atoms with E-state index in [4.69, 9.17) is 9.47 Å². The molecule has 1 aliphatic heterocycles. The van der Waals surface area contributed by atoms with Gasteiger partial charge in [-0.15, -0.1) is 0 Å². The van der Waals surface area contributed by atoms with E-state index < -0.39 is 17.6 Å². The largest absolute Gasteiger partial charge is 0.486 e. The van der Waals surface area contributed by atoms with Crippen LogP contribution in [-0.4, -0.2) is 25.0 Å². The van der Waals surface area contributed by atoms with Gasteiger partial charge in [-0.2, -0.15) is 0 Å². The molecule has 2 aromatic carbocycles. The molecule has 0 atom stereocenters. The van der Waals surface area contributed by atoms with Gasteiger partial charge in [-0.3, -0.25) is 9.59 Å². The molecule has 0 saturated carbocycles. The van der Waals surface area contributed by atoms with Gasteiger partial charge in [0.1, 0.15) is 25.5 Å². The van der Waals surface area contributed by atoms with Crippen molar-refractivity contribution in [3.8, 4) is 11.5 Å². The number of fused-ring (bicyclic) bond motifs is 1. The Morgan fingerprint density at radius 3 is 2.56 bits per heavy atom. The molecular formula is C18H17FN2O4. The molecule has 3 rings (SSSR count). The summed E-state index contributed by atoms with van der Waals surface area (Å²) in [4.78, 5) is 23.8. The fourth-order valence-electron chi connectivity index (χ4n) is 2.37. The van der Waals surface area contributed by atoms with Gasteiger partial charge in [0.25, 0.3) is 0 Å². The van der Waals surface area contributed by atoms with Crippen molar-refractivity contribution in [3.05, 3.63) is 53.8 Å². The molecule has 2 N–H and O–H groups in total. The lowest BCUT2D eigenvalue weighted by atomic mass is 10.2. The molecule has 7 heteroatoms. The van der Waals surface area contributed by atoms with Gasteiger partial charge in [-0.25, -0.2) is 4.39 Å². The second-order valence-electron chi connectivity index (χ2n) is 5.45. The average molecular weight is 344 g/mol. The molecule has 0 bridgehead atoms. The van der Waals surface area contributed by atoms with E-state index in [-0.39, 0.29) is 13.0 Å². The standard InChI is InChI=1S/C18H17FN2O4/c19-14-4-2-1-3-12(14)11-20-17(22)10-18(23)21-13-5-6-15-16(9-13)25-8-7-24-15/h1-6,9H,7-8,10-11H2,(H,20,22)(H,21,23). The number of carbonyl (C=O) groups excluding carboxylic acids is 2. The number of ether oxygens (including phenoxy) is 2. The number of amides is 2. The fourth-order valence-corrected chi connectivity index (χ4v) is 2.37. The maximum Gasteiger partial charge on any atom is 0.233 e. The van der Waals surface area contributed by atoms with Crippen LogP contribution in [-0.2, 0) is 16.1 Å². The first-order chi connectivity index (χ1) is 12.1. The van der Waals surface area contributed by atoms with Crippen LogP contribution in [0.4, 0.5) is 10.1 Å². The normalized spacial score (nSPS) is 12.4. The summed E-state index contributed by atoms with van der Waals surface area (Å²) < 4.78 is 24.3. The summed E-state index contributed by atoms with van der Waals surface area (Å²) in [6, 6.07) is 11.1. The van der Waals surface area contributed by atoms with E-state index in [9.17, 15) is 14.0 Å². The third kappa shape index (κ3) is 4.47. The Labute approximate surface area is 143 Å². The van der Waals surface area contributed by atoms with Crippen LogP contribution in [0.15, 0.2) is 42.5 Å². The minimum absolute atomic E-state index is 0.0306. The Balaban J connectivity index is 1.50. The fraction of sp³-hybridized carbons (Fsp3) is 0.222. The van der Waals surface area contributed by atoms with Gasteiger partial charge < -0.3 is 20.1 Å². The third-order valence-electron chi connectivity index (χ3n) is 3.58. The molecule has 6 nitrogen and oxygen atoms in total. The maximum atomic E-state index is 13.5. The van der Waals surface area contributed by atoms with Crippen molar-refractivity contribution >= 4 is 17.5 Å². The van der Waals surface area contributed by atoms with E-state index in [1.54, 1.807) is 36.4 Å². The number of halogens is 1. The van der Waals surface area contributed by atoms with E-state index >= 15 is 0 Å². The molecule has 0 saturated heterocycles. The summed E-state index contributed by atoms with van der Waals surface area (Å²) in [6.07, 6.45) is -0.358. The number of rotatable bonds is 5. The number of nitrogens with one attached hydrogen (secondary N) is 2. The third-order valence-corrected chi connectivity index (χ3v) is 3.58. The molecule has 1 aliphatic rings. The van der Waals surface area contributed by atoms with Crippen LogP contribution in [0.2, 0.25) is 0 Å². The highest BCUT2D eigenvalue weighted by Crippen LogP contribution is 2.32. The topological polar surface area (TPSA) is 76.7 Å².